The van der Waals surface area contributed by atoms with Crippen molar-refractivity contribution in [2.24, 2.45) is 0 Å². The first-order valence-electron chi connectivity index (χ1n) is 6.26. The summed E-state index contributed by atoms with van der Waals surface area (Å²) in [4.78, 5) is 28.4. The fraction of sp³-hybridized carbons (Fsp3) is 0.462. The second-order valence-corrected chi connectivity index (χ2v) is 3.94. The molecule has 1 rings (SSSR count). The summed E-state index contributed by atoms with van der Waals surface area (Å²) >= 11 is 0. The summed E-state index contributed by atoms with van der Waals surface area (Å²) in [6, 6.07) is 2.47. The summed E-state index contributed by atoms with van der Waals surface area (Å²) in [5.41, 5.74) is 0.275. The zero-order chi connectivity index (χ0) is 14.3. The van der Waals surface area contributed by atoms with E-state index in [-0.39, 0.29) is 30.3 Å². The van der Waals surface area contributed by atoms with Gasteiger partial charge in [0.1, 0.15) is 0 Å². The molecule has 1 aromatic rings. The van der Waals surface area contributed by atoms with Gasteiger partial charge in [-0.05, 0) is 26.0 Å². The van der Waals surface area contributed by atoms with E-state index in [2.05, 4.69) is 10.3 Å². The number of halogens is 1. The summed E-state index contributed by atoms with van der Waals surface area (Å²) in [5.74, 6) is -0.990. The molecule has 1 N–H and O–H groups in total. The van der Waals surface area contributed by atoms with Gasteiger partial charge in [0.25, 0.3) is 5.91 Å². The third kappa shape index (κ3) is 4.65. The first-order chi connectivity index (χ1) is 9.08. The van der Waals surface area contributed by atoms with E-state index >= 15 is 0 Å². The Kier molecular flexibility index (Phi) is 5.92. The highest BCUT2D eigenvalue weighted by Gasteiger charge is 2.10. The highest BCUT2D eigenvalue weighted by molar-refractivity contribution is 5.94. The molecule has 1 aromatic heterocycles. The molecule has 0 atom stereocenters. The lowest BCUT2D eigenvalue weighted by atomic mass is 10.2. The number of hydrogen-bond acceptors (Lipinski definition) is 3. The number of hydrogen-bond donors (Lipinski definition) is 1. The van der Waals surface area contributed by atoms with Crippen LogP contribution in [-0.2, 0) is 4.79 Å². The fourth-order valence-electron chi connectivity index (χ4n) is 1.63. The van der Waals surface area contributed by atoms with Gasteiger partial charge in [-0.15, -0.1) is 0 Å². The maximum atomic E-state index is 12.6. The number of pyridine rings is 1. The average Bonchev–Trinajstić information content (AvgIpc) is 2.40. The molecule has 0 aliphatic rings. The standard InChI is InChI=1S/C13H18FN3O2/c1-3-17(4-2)12(18)7-8-15-13(19)10-5-6-11(14)16-9-10/h5-6,9H,3-4,7-8H2,1-2H3,(H,15,19). The Morgan fingerprint density at radius 2 is 2.00 bits per heavy atom. The normalized spacial score (nSPS) is 10.1. The van der Waals surface area contributed by atoms with Gasteiger partial charge in [0.2, 0.25) is 11.9 Å². The van der Waals surface area contributed by atoms with Gasteiger partial charge in [-0.25, -0.2) is 4.98 Å². The van der Waals surface area contributed by atoms with Crippen LogP contribution in [0.4, 0.5) is 4.39 Å². The van der Waals surface area contributed by atoms with E-state index in [9.17, 15) is 14.0 Å². The molecule has 5 nitrogen and oxygen atoms in total. The summed E-state index contributed by atoms with van der Waals surface area (Å²) in [7, 11) is 0. The molecule has 6 heteroatoms. The Bertz CT molecular complexity index is 430. The average molecular weight is 267 g/mol. The third-order valence-corrected chi connectivity index (χ3v) is 2.73. The topological polar surface area (TPSA) is 62.3 Å². The van der Waals surface area contributed by atoms with Crippen molar-refractivity contribution in [2.75, 3.05) is 19.6 Å². The van der Waals surface area contributed by atoms with Crippen LogP contribution in [-0.4, -0.2) is 41.3 Å². The Morgan fingerprint density at radius 1 is 1.32 bits per heavy atom. The lowest BCUT2D eigenvalue weighted by Gasteiger charge is -2.18. The van der Waals surface area contributed by atoms with Crippen molar-refractivity contribution in [2.45, 2.75) is 20.3 Å². The Morgan fingerprint density at radius 3 is 2.53 bits per heavy atom. The zero-order valence-electron chi connectivity index (χ0n) is 11.1. The minimum absolute atomic E-state index is 0.00234. The second kappa shape index (κ2) is 7.45. The highest BCUT2D eigenvalue weighted by atomic mass is 19.1. The number of carbonyl (C=O) groups excluding carboxylic acids is 2. The minimum Gasteiger partial charge on any atom is -0.351 e. The van der Waals surface area contributed by atoms with E-state index in [0.29, 0.717) is 13.1 Å². The predicted octanol–water partition coefficient (Wildman–Crippen LogP) is 1.21. The number of amides is 2. The van der Waals surface area contributed by atoms with Crippen molar-refractivity contribution in [3.8, 4) is 0 Å². The van der Waals surface area contributed by atoms with E-state index in [0.717, 1.165) is 12.3 Å². The summed E-state index contributed by atoms with van der Waals surface area (Å²) in [5, 5.41) is 2.60. The molecule has 0 fully saturated rings. The maximum absolute atomic E-state index is 12.6. The molecule has 2 amide bonds. The number of rotatable bonds is 6. The Labute approximate surface area is 111 Å². The van der Waals surface area contributed by atoms with Gasteiger partial charge in [-0.3, -0.25) is 9.59 Å². The van der Waals surface area contributed by atoms with Gasteiger partial charge in [0.15, 0.2) is 0 Å². The summed E-state index contributed by atoms with van der Waals surface area (Å²) < 4.78 is 12.6. The maximum Gasteiger partial charge on any atom is 0.252 e. The minimum atomic E-state index is -0.631. The Hall–Kier alpha value is -1.98. The van der Waals surface area contributed by atoms with E-state index in [4.69, 9.17) is 0 Å². The molecule has 0 radical (unpaired) electrons. The van der Waals surface area contributed by atoms with Gasteiger partial charge < -0.3 is 10.2 Å². The van der Waals surface area contributed by atoms with Crippen molar-refractivity contribution >= 4 is 11.8 Å². The van der Waals surface area contributed by atoms with Crippen molar-refractivity contribution in [3.63, 3.8) is 0 Å². The molecule has 0 saturated carbocycles. The SMILES string of the molecule is CCN(CC)C(=O)CCNC(=O)c1ccc(F)nc1. The summed E-state index contributed by atoms with van der Waals surface area (Å²) in [6.07, 6.45) is 1.42. The van der Waals surface area contributed by atoms with Crippen molar-refractivity contribution in [3.05, 3.63) is 29.8 Å². The Balaban J connectivity index is 2.39. The molecular formula is C13H18FN3O2. The molecule has 0 aliphatic carbocycles. The van der Waals surface area contributed by atoms with Crippen molar-refractivity contribution in [1.82, 2.24) is 15.2 Å². The molecule has 19 heavy (non-hydrogen) atoms. The number of carbonyl (C=O) groups is 2. The molecule has 0 spiro atoms. The van der Waals surface area contributed by atoms with Crippen LogP contribution in [0.2, 0.25) is 0 Å². The second-order valence-electron chi connectivity index (χ2n) is 3.94. The highest BCUT2D eigenvalue weighted by Crippen LogP contribution is 1.99. The summed E-state index contributed by atoms with van der Waals surface area (Å²) in [6.45, 7) is 5.39. The van der Waals surface area contributed by atoms with Gasteiger partial charge >= 0.3 is 0 Å². The monoisotopic (exact) mass is 267 g/mol. The quantitative estimate of drug-likeness (QED) is 0.788. The molecule has 1 heterocycles. The lowest BCUT2D eigenvalue weighted by Crippen LogP contribution is -2.34. The van der Waals surface area contributed by atoms with E-state index in [1.807, 2.05) is 13.8 Å². The van der Waals surface area contributed by atoms with Crippen LogP contribution < -0.4 is 5.32 Å². The van der Waals surface area contributed by atoms with Gasteiger partial charge in [-0.2, -0.15) is 4.39 Å². The van der Waals surface area contributed by atoms with Crippen LogP contribution in [0.5, 0.6) is 0 Å². The van der Waals surface area contributed by atoms with Crippen LogP contribution in [0.25, 0.3) is 0 Å². The molecule has 104 valence electrons. The van der Waals surface area contributed by atoms with Crippen molar-refractivity contribution < 1.29 is 14.0 Å². The van der Waals surface area contributed by atoms with Gasteiger partial charge in [0.05, 0.1) is 5.56 Å². The predicted molar refractivity (Wildman–Crippen MR) is 69.1 cm³/mol. The van der Waals surface area contributed by atoms with Crippen LogP contribution in [0.1, 0.15) is 30.6 Å². The lowest BCUT2D eigenvalue weighted by molar-refractivity contribution is -0.130. The third-order valence-electron chi connectivity index (χ3n) is 2.73. The largest absolute Gasteiger partial charge is 0.351 e. The molecular weight excluding hydrogens is 249 g/mol. The molecule has 0 aromatic carbocycles. The smallest absolute Gasteiger partial charge is 0.252 e. The van der Waals surface area contributed by atoms with E-state index in [1.54, 1.807) is 4.90 Å². The zero-order valence-corrected chi connectivity index (χ0v) is 11.1. The molecule has 0 unspecified atom stereocenters. The van der Waals surface area contributed by atoms with E-state index in [1.165, 1.54) is 6.07 Å². The van der Waals surface area contributed by atoms with Crippen molar-refractivity contribution in [1.29, 1.82) is 0 Å². The van der Waals surface area contributed by atoms with E-state index < -0.39 is 5.95 Å². The first kappa shape index (κ1) is 15.1. The molecule has 0 aliphatic heterocycles. The molecule has 0 bridgehead atoms. The fourth-order valence-corrected chi connectivity index (χ4v) is 1.63. The van der Waals surface area contributed by atoms with Crippen LogP contribution in [0, 0.1) is 5.95 Å². The van der Waals surface area contributed by atoms with Crippen LogP contribution in [0.3, 0.4) is 0 Å². The van der Waals surface area contributed by atoms with Gasteiger partial charge in [0, 0.05) is 32.3 Å². The number of aromatic nitrogens is 1. The number of nitrogens with zero attached hydrogens (tertiary/aromatic N) is 2. The molecule has 0 saturated heterocycles. The van der Waals surface area contributed by atoms with Crippen LogP contribution >= 0.6 is 0 Å². The first-order valence-corrected chi connectivity index (χ1v) is 6.26. The van der Waals surface area contributed by atoms with Gasteiger partial charge in [-0.1, -0.05) is 0 Å². The van der Waals surface area contributed by atoms with Crippen LogP contribution in [0.15, 0.2) is 18.3 Å². The number of nitrogens with one attached hydrogen (secondary N) is 1.